The molecule has 0 spiro atoms. The fourth-order valence-corrected chi connectivity index (χ4v) is 1.34. The summed E-state index contributed by atoms with van der Waals surface area (Å²) in [7, 11) is 0. The van der Waals surface area contributed by atoms with Crippen LogP contribution in [-0.2, 0) is 4.74 Å². The Morgan fingerprint density at radius 2 is 1.90 bits per heavy atom. The maximum Gasteiger partial charge on any atom is 0.121 e. The number of hydrogen-bond acceptors (Lipinski definition) is 1. The Balaban J connectivity index is 2.13. The van der Waals surface area contributed by atoms with Crippen LogP contribution in [0.1, 0.15) is 32.1 Å². The normalized spacial score (nSPS) is 21.7. The minimum Gasteiger partial charge on any atom is -0.496 e. The first kappa shape index (κ1) is 7.58. The molecular formula is C8H13FO. The molecule has 1 saturated carbocycles. The van der Waals surface area contributed by atoms with Gasteiger partial charge in [-0.3, -0.25) is 0 Å². The Morgan fingerprint density at radius 1 is 1.20 bits per heavy atom. The van der Waals surface area contributed by atoms with Gasteiger partial charge in [-0.15, -0.1) is 0 Å². The SMILES string of the molecule is F/C=C/OC1CCCCC1. The van der Waals surface area contributed by atoms with Crippen molar-refractivity contribution in [2.75, 3.05) is 0 Å². The first-order valence-electron chi connectivity index (χ1n) is 3.84. The van der Waals surface area contributed by atoms with E-state index in [0.717, 1.165) is 19.1 Å². The Bertz CT molecular complexity index is 106. The maximum atomic E-state index is 11.4. The molecule has 0 heterocycles. The Morgan fingerprint density at radius 3 is 2.50 bits per heavy atom. The lowest BCUT2D eigenvalue weighted by Gasteiger charge is -2.20. The van der Waals surface area contributed by atoms with Gasteiger partial charge in [-0.1, -0.05) is 6.42 Å². The number of hydrogen-bond donors (Lipinski definition) is 0. The second-order valence-corrected chi connectivity index (χ2v) is 2.66. The molecule has 0 N–H and O–H groups in total. The maximum absolute atomic E-state index is 11.4. The fourth-order valence-electron chi connectivity index (χ4n) is 1.34. The smallest absolute Gasteiger partial charge is 0.121 e. The Labute approximate surface area is 60.9 Å². The number of halogens is 1. The molecule has 0 unspecified atom stereocenters. The van der Waals surface area contributed by atoms with Gasteiger partial charge >= 0.3 is 0 Å². The van der Waals surface area contributed by atoms with Crippen LogP contribution in [0.15, 0.2) is 12.6 Å². The van der Waals surface area contributed by atoms with Crippen LogP contribution in [0.5, 0.6) is 0 Å². The number of ether oxygens (including phenoxy) is 1. The minimum absolute atomic E-state index is 0.278. The van der Waals surface area contributed by atoms with Crippen molar-refractivity contribution < 1.29 is 9.13 Å². The van der Waals surface area contributed by atoms with E-state index in [2.05, 4.69) is 0 Å². The van der Waals surface area contributed by atoms with Gasteiger partial charge in [0.2, 0.25) is 0 Å². The summed E-state index contributed by atoms with van der Waals surface area (Å²) in [6.07, 6.45) is 7.81. The van der Waals surface area contributed by atoms with E-state index in [-0.39, 0.29) is 6.10 Å². The van der Waals surface area contributed by atoms with Crippen LogP contribution < -0.4 is 0 Å². The molecule has 1 aliphatic rings. The fraction of sp³-hybridized carbons (Fsp3) is 0.750. The molecule has 0 bridgehead atoms. The highest BCUT2D eigenvalue weighted by Crippen LogP contribution is 2.20. The monoisotopic (exact) mass is 144 g/mol. The van der Waals surface area contributed by atoms with Crippen LogP contribution in [-0.4, -0.2) is 6.10 Å². The zero-order chi connectivity index (χ0) is 7.23. The molecule has 10 heavy (non-hydrogen) atoms. The molecule has 1 fully saturated rings. The van der Waals surface area contributed by atoms with Gasteiger partial charge in [0.1, 0.15) is 12.6 Å². The lowest BCUT2D eigenvalue weighted by molar-refractivity contribution is 0.104. The highest BCUT2D eigenvalue weighted by atomic mass is 19.1. The average molecular weight is 144 g/mol. The van der Waals surface area contributed by atoms with Crippen LogP contribution in [0.3, 0.4) is 0 Å². The molecule has 0 aromatic rings. The van der Waals surface area contributed by atoms with E-state index in [1.54, 1.807) is 0 Å². The topological polar surface area (TPSA) is 9.23 Å². The Hall–Kier alpha value is -0.530. The third kappa shape index (κ3) is 2.38. The second-order valence-electron chi connectivity index (χ2n) is 2.66. The number of rotatable bonds is 2. The molecule has 0 aromatic heterocycles. The van der Waals surface area contributed by atoms with Crippen molar-refractivity contribution in [3.63, 3.8) is 0 Å². The standard InChI is InChI=1S/C8H13FO/c9-6-7-10-8-4-2-1-3-5-8/h6-8H,1-5H2/b7-6+. The van der Waals surface area contributed by atoms with Crippen LogP contribution in [0.2, 0.25) is 0 Å². The van der Waals surface area contributed by atoms with Gasteiger partial charge in [-0.2, -0.15) is 0 Å². The zero-order valence-corrected chi connectivity index (χ0v) is 6.05. The lowest BCUT2D eigenvalue weighted by atomic mass is 9.98. The van der Waals surface area contributed by atoms with E-state index in [9.17, 15) is 4.39 Å². The van der Waals surface area contributed by atoms with Gasteiger partial charge in [0.25, 0.3) is 0 Å². The molecule has 58 valence electrons. The third-order valence-corrected chi connectivity index (χ3v) is 1.87. The van der Waals surface area contributed by atoms with Crippen LogP contribution in [0.25, 0.3) is 0 Å². The molecule has 1 aliphatic carbocycles. The van der Waals surface area contributed by atoms with Crippen molar-refractivity contribution in [1.82, 2.24) is 0 Å². The molecule has 2 heteroatoms. The van der Waals surface area contributed by atoms with Crippen molar-refractivity contribution in [2.45, 2.75) is 38.2 Å². The van der Waals surface area contributed by atoms with E-state index in [1.807, 2.05) is 0 Å². The summed E-state index contributed by atoms with van der Waals surface area (Å²) in [5, 5.41) is 0. The predicted molar refractivity (Wildman–Crippen MR) is 38.2 cm³/mol. The Kier molecular flexibility index (Phi) is 3.27. The first-order chi connectivity index (χ1) is 4.93. The molecule has 0 atom stereocenters. The summed E-state index contributed by atoms with van der Waals surface area (Å²) in [6.45, 7) is 0. The van der Waals surface area contributed by atoms with Gasteiger partial charge in [0.05, 0.1) is 6.10 Å². The molecule has 0 aromatic carbocycles. The average Bonchev–Trinajstić information content (AvgIpc) is 2.03. The molecule has 1 nitrogen and oxygen atoms in total. The predicted octanol–water partition coefficient (Wildman–Crippen LogP) is 2.78. The van der Waals surface area contributed by atoms with Crippen molar-refractivity contribution >= 4 is 0 Å². The highest BCUT2D eigenvalue weighted by Gasteiger charge is 2.12. The van der Waals surface area contributed by atoms with Crippen LogP contribution >= 0.6 is 0 Å². The third-order valence-electron chi connectivity index (χ3n) is 1.87. The van der Waals surface area contributed by atoms with Gasteiger partial charge in [0.15, 0.2) is 0 Å². The molecular weight excluding hydrogens is 131 g/mol. The van der Waals surface area contributed by atoms with E-state index < -0.39 is 0 Å². The molecule has 0 aliphatic heterocycles. The van der Waals surface area contributed by atoms with Crippen LogP contribution in [0.4, 0.5) is 4.39 Å². The summed E-state index contributed by atoms with van der Waals surface area (Å²) in [4.78, 5) is 0. The largest absolute Gasteiger partial charge is 0.496 e. The second kappa shape index (κ2) is 4.31. The van der Waals surface area contributed by atoms with Crippen molar-refractivity contribution in [1.29, 1.82) is 0 Å². The van der Waals surface area contributed by atoms with Crippen LogP contribution in [0, 0.1) is 0 Å². The molecule has 0 saturated heterocycles. The van der Waals surface area contributed by atoms with Crippen molar-refractivity contribution in [3.8, 4) is 0 Å². The minimum atomic E-state index is 0.278. The van der Waals surface area contributed by atoms with Gasteiger partial charge in [-0.05, 0) is 25.7 Å². The summed E-state index contributed by atoms with van der Waals surface area (Å²) in [5.74, 6) is 0. The van der Waals surface area contributed by atoms with E-state index in [1.165, 1.54) is 19.3 Å². The van der Waals surface area contributed by atoms with Gasteiger partial charge < -0.3 is 4.74 Å². The molecule has 0 amide bonds. The first-order valence-corrected chi connectivity index (χ1v) is 3.84. The molecule has 0 radical (unpaired) electrons. The summed E-state index contributed by atoms with van der Waals surface area (Å²) >= 11 is 0. The highest BCUT2D eigenvalue weighted by molar-refractivity contribution is 4.69. The molecule has 1 rings (SSSR count). The van der Waals surface area contributed by atoms with Gasteiger partial charge in [0, 0.05) is 0 Å². The van der Waals surface area contributed by atoms with E-state index in [0.29, 0.717) is 6.33 Å². The van der Waals surface area contributed by atoms with E-state index in [4.69, 9.17) is 4.74 Å². The van der Waals surface area contributed by atoms with Crippen molar-refractivity contribution in [2.24, 2.45) is 0 Å². The van der Waals surface area contributed by atoms with Gasteiger partial charge in [-0.25, -0.2) is 4.39 Å². The van der Waals surface area contributed by atoms with E-state index >= 15 is 0 Å². The van der Waals surface area contributed by atoms with Crippen molar-refractivity contribution in [3.05, 3.63) is 12.6 Å². The quantitative estimate of drug-likeness (QED) is 0.541. The zero-order valence-electron chi connectivity index (χ0n) is 6.05. The summed E-state index contributed by atoms with van der Waals surface area (Å²) in [6, 6.07) is 0. The summed E-state index contributed by atoms with van der Waals surface area (Å²) in [5.41, 5.74) is 0. The lowest BCUT2D eigenvalue weighted by Crippen LogP contribution is -2.13. The summed E-state index contributed by atoms with van der Waals surface area (Å²) < 4.78 is 16.5.